The molecule has 2 aromatic rings. The summed E-state index contributed by atoms with van der Waals surface area (Å²) in [6.07, 6.45) is 6.43. The highest BCUT2D eigenvalue weighted by atomic mass is 16.5. The van der Waals surface area contributed by atoms with Crippen molar-refractivity contribution in [1.29, 1.82) is 0 Å². The molecule has 0 spiro atoms. The third-order valence-corrected chi connectivity index (χ3v) is 4.33. The van der Waals surface area contributed by atoms with E-state index in [2.05, 4.69) is 22.2 Å². The van der Waals surface area contributed by atoms with E-state index in [9.17, 15) is 0 Å². The van der Waals surface area contributed by atoms with E-state index in [1.54, 1.807) is 10.9 Å². The quantitative estimate of drug-likeness (QED) is 0.432. The molecule has 2 aromatic heterocycles. The molecule has 0 bridgehead atoms. The fraction of sp³-hybridized carbons (Fsp3) is 0.579. The lowest BCUT2D eigenvalue weighted by atomic mass is 10.1. The van der Waals surface area contributed by atoms with Crippen LogP contribution >= 0.6 is 0 Å². The zero-order valence-electron chi connectivity index (χ0n) is 16.1. The predicted molar refractivity (Wildman–Crippen MR) is 102 cm³/mol. The summed E-state index contributed by atoms with van der Waals surface area (Å²) >= 11 is 0. The third-order valence-electron chi connectivity index (χ3n) is 4.33. The van der Waals surface area contributed by atoms with Gasteiger partial charge in [-0.2, -0.15) is 5.10 Å². The average Bonchev–Trinajstić information content (AvgIpc) is 3.35. The topological polar surface area (TPSA) is 77.1 Å². The van der Waals surface area contributed by atoms with Gasteiger partial charge in [0.2, 0.25) is 0 Å². The number of hydrogen-bond donors (Lipinski definition) is 1. The molecule has 0 aromatic carbocycles. The summed E-state index contributed by atoms with van der Waals surface area (Å²) in [6.45, 7) is 7.08. The predicted octanol–water partition coefficient (Wildman–Crippen LogP) is 1.96. The molecular formula is C19H29N5O3. The second-order valence-corrected chi connectivity index (χ2v) is 6.47. The van der Waals surface area contributed by atoms with Gasteiger partial charge in [0.25, 0.3) is 0 Å². The molecule has 1 fully saturated rings. The Morgan fingerprint density at radius 1 is 1.48 bits per heavy atom. The molecule has 3 rings (SSSR count). The summed E-state index contributed by atoms with van der Waals surface area (Å²) in [5, 5.41) is 7.63. The van der Waals surface area contributed by atoms with Gasteiger partial charge in [-0.3, -0.25) is 9.67 Å². The Morgan fingerprint density at radius 3 is 3.15 bits per heavy atom. The number of aromatic nitrogens is 2. The molecule has 148 valence electrons. The van der Waals surface area contributed by atoms with Crippen LogP contribution in [0.5, 0.6) is 0 Å². The summed E-state index contributed by atoms with van der Waals surface area (Å²) in [5.74, 6) is 1.78. The smallest absolute Gasteiger partial charge is 0.194 e. The first kappa shape index (κ1) is 19.4. The lowest BCUT2D eigenvalue weighted by Gasteiger charge is -2.34. The first-order valence-corrected chi connectivity index (χ1v) is 9.49. The molecule has 0 saturated carbocycles. The van der Waals surface area contributed by atoms with Gasteiger partial charge in [-0.25, -0.2) is 0 Å². The lowest BCUT2D eigenvalue weighted by Crippen LogP contribution is -2.48. The Labute approximate surface area is 160 Å². The Kier molecular flexibility index (Phi) is 7.29. The number of morpholine rings is 1. The fourth-order valence-electron chi connectivity index (χ4n) is 2.99. The van der Waals surface area contributed by atoms with Crippen molar-refractivity contribution in [3.63, 3.8) is 0 Å². The van der Waals surface area contributed by atoms with Crippen LogP contribution in [0.15, 0.2) is 40.2 Å². The molecule has 1 atom stereocenters. The number of aliphatic imine (C=N–C) groups is 1. The zero-order valence-corrected chi connectivity index (χ0v) is 16.1. The number of furan rings is 1. The molecule has 0 amide bonds. The summed E-state index contributed by atoms with van der Waals surface area (Å²) in [4.78, 5) is 7.01. The Bertz CT molecular complexity index is 698. The summed E-state index contributed by atoms with van der Waals surface area (Å²) in [7, 11) is 1.92. The van der Waals surface area contributed by atoms with Crippen LogP contribution < -0.4 is 5.32 Å². The molecule has 0 aliphatic carbocycles. The number of ether oxygens (including phenoxy) is 2. The van der Waals surface area contributed by atoms with E-state index in [0.717, 1.165) is 49.9 Å². The molecule has 27 heavy (non-hydrogen) atoms. The Morgan fingerprint density at radius 2 is 2.41 bits per heavy atom. The minimum atomic E-state index is 0.0212. The van der Waals surface area contributed by atoms with Crippen LogP contribution in [0.25, 0.3) is 0 Å². The van der Waals surface area contributed by atoms with Crippen molar-refractivity contribution in [2.45, 2.75) is 26.1 Å². The summed E-state index contributed by atoms with van der Waals surface area (Å²) in [5.41, 5.74) is 1.10. The fourth-order valence-corrected chi connectivity index (χ4v) is 2.99. The maximum absolute atomic E-state index is 5.92. The molecule has 8 heteroatoms. The summed E-state index contributed by atoms with van der Waals surface area (Å²) in [6, 6.07) is 3.78. The van der Waals surface area contributed by atoms with E-state index in [4.69, 9.17) is 18.9 Å². The highest BCUT2D eigenvalue weighted by Gasteiger charge is 2.25. The molecular weight excluding hydrogens is 346 g/mol. The van der Waals surface area contributed by atoms with E-state index in [0.29, 0.717) is 19.8 Å². The molecule has 0 radical (unpaired) electrons. The first-order valence-electron chi connectivity index (χ1n) is 9.49. The van der Waals surface area contributed by atoms with Crippen molar-refractivity contribution in [3.8, 4) is 0 Å². The number of nitrogens with one attached hydrogen (secondary N) is 1. The maximum atomic E-state index is 5.92. The van der Waals surface area contributed by atoms with E-state index >= 15 is 0 Å². The van der Waals surface area contributed by atoms with Crippen LogP contribution in [-0.2, 0) is 23.1 Å². The molecule has 8 nitrogen and oxygen atoms in total. The van der Waals surface area contributed by atoms with Crippen LogP contribution in [0.1, 0.15) is 30.8 Å². The largest absolute Gasteiger partial charge is 0.467 e. The highest BCUT2D eigenvalue weighted by molar-refractivity contribution is 5.80. The minimum Gasteiger partial charge on any atom is -0.467 e. The van der Waals surface area contributed by atoms with Crippen LogP contribution in [0.2, 0.25) is 0 Å². The van der Waals surface area contributed by atoms with Gasteiger partial charge in [-0.1, -0.05) is 0 Å². The maximum Gasteiger partial charge on any atom is 0.194 e. The molecule has 1 N–H and O–H groups in total. The third kappa shape index (κ3) is 5.83. The van der Waals surface area contributed by atoms with E-state index < -0.39 is 0 Å². The minimum absolute atomic E-state index is 0.0212. The van der Waals surface area contributed by atoms with Gasteiger partial charge in [-0.15, -0.1) is 0 Å². The van der Waals surface area contributed by atoms with Crippen molar-refractivity contribution in [1.82, 2.24) is 20.0 Å². The molecule has 1 unspecified atom stereocenters. The van der Waals surface area contributed by atoms with Crippen LogP contribution in [0.4, 0.5) is 0 Å². The van der Waals surface area contributed by atoms with Gasteiger partial charge in [0, 0.05) is 45.0 Å². The van der Waals surface area contributed by atoms with Gasteiger partial charge in [0.05, 0.1) is 25.6 Å². The van der Waals surface area contributed by atoms with Gasteiger partial charge in [0.15, 0.2) is 5.96 Å². The normalized spacial score (nSPS) is 18.1. The number of guanidine groups is 1. The van der Waals surface area contributed by atoms with Crippen molar-refractivity contribution in [3.05, 3.63) is 42.1 Å². The van der Waals surface area contributed by atoms with Crippen LogP contribution in [-0.4, -0.2) is 60.0 Å². The zero-order chi connectivity index (χ0) is 18.9. The second kappa shape index (κ2) is 10.1. The number of aryl methyl sites for hydroxylation is 1. The van der Waals surface area contributed by atoms with Gasteiger partial charge >= 0.3 is 0 Å². The highest BCUT2D eigenvalue weighted by Crippen LogP contribution is 2.21. The van der Waals surface area contributed by atoms with Crippen molar-refractivity contribution in [2.75, 3.05) is 39.4 Å². The standard InChI is InChI=1S/C19H29N5O3/c1-3-20-19(21-7-5-9-25-15-17-6-4-10-26-17)24-8-11-27-18(14-24)16-12-22-23(2)13-16/h4,6,10,12-13,18H,3,5,7-9,11,14-15H2,1-2H3,(H,20,21). The lowest BCUT2D eigenvalue weighted by molar-refractivity contribution is -0.00805. The second-order valence-electron chi connectivity index (χ2n) is 6.47. The Hall–Kier alpha value is -2.32. The number of rotatable bonds is 8. The number of nitrogens with zero attached hydrogens (tertiary/aromatic N) is 4. The molecule has 1 saturated heterocycles. The van der Waals surface area contributed by atoms with E-state index in [1.807, 2.05) is 31.6 Å². The molecule has 3 heterocycles. The van der Waals surface area contributed by atoms with Crippen molar-refractivity contribution >= 4 is 5.96 Å². The van der Waals surface area contributed by atoms with Gasteiger partial charge in [-0.05, 0) is 25.5 Å². The van der Waals surface area contributed by atoms with E-state index in [-0.39, 0.29) is 6.10 Å². The monoisotopic (exact) mass is 375 g/mol. The molecule has 1 aliphatic heterocycles. The van der Waals surface area contributed by atoms with Gasteiger partial charge in [0.1, 0.15) is 18.5 Å². The van der Waals surface area contributed by atoms with Crippen LogP contribution in [0, 0.1) is 0 Å². The SMILES string of the molecule is CCNC(=NCCCOCc1ccco1)N1CCOC(c2cnn(C)c2)C1. The van der Waals surface area contributed by atoms with Crippen molar-refractivity contribution in [2.24, 2.45) is 12.0 Å². The van der Waals surface area contributed by atoms with Crippen LogP contribution in [0.3, 0.4) is 0 Å². The molecule has 1 aliphatic rings. The number of hydrogen-bond acceptors (Lipinski definition) is 5. The van der Waals surface area contributed by atoms with Crippen molar-refractivity contribution < 1.29 is 13.9 Å². The average molecular weight is 375 g/mol. The van der Waals surface area contributed by atoms with Gasteiger partial charge < -0.3 is 24.1 Å². The Balaban J connectivity index is 1.47. The van der Waals surface area contributed by atoms with E-state index in [1.165, 1.54) is 0 Å². The first-order chi connectivity index (χ1) is 13.3. The summed E-state index contributed by atoms with van der Waals surface area (Å²) < 4.78 is 18.6.